The minimum Gasteiger partial charge on any atom is -0.314 e. The Morgan fingerprint density at radius 3 is 2.18 bits per heavy atom. The van der Waals surface area contributed by atoms with Crippen molar-refractivity contribution in [2.45, 2.75) is 4.71 Å². The van der Waals surface area contributed by atoms with Gasteiger partial charge in [0.25, 0.3) is 0 Å². The summed E-state index contributed by atoms with van der Waals surface area (Å²) in [7, 11) is 0. The largest absolute Gasteiger partial charge is 0.314 e. The lowest BCUT2D eigenvalue weighted by molar-refractivity contribution is 0.266. The van der Waals surface area contributed by atoms with Gasteiger partial charge in [0.05, 0.1) is 0 Å². The van der Waals surface area contributed by atoms with E-state index < -0.39 is 0 Å². The summed E-state index contributed by atoms with van der Waals surface area (Å²) in [6, 6.07) is 0. The third kappa shape index (κ3) is 2.86. The molecule has 0 bridgehead atoms. The van der Waals surface area contributed by atoms with Gasteiger partial charge in [-0.15, -0.1) is 23.5 Å². The molecule has 0 aromatic rings. The Morgan fingerprint density at radius 2 is 1.73 bits per heavy atom. The lowest BCUT2D eigenvalue weighted by atomic mass is 10.4. The topological polar surface area (TPSA) is 15.3 Å². The van der Waals surface area contributed by atoms with Crippen molar-refractivity contribution in [1.82, 2.24) is 10.2 Å². The molecule has 0 atom stereocenters. The first-order valence-corrected chi connectivity index (χ1v) is 6.46. The molecule has 0 radical (unpaired) electrons. The average molecular weight is 192 g/mol. The summed E-state index contributed by atoms with van der Waals surface area (Å²) in [5.41, 5.74) is 0. The molecule has 1 N–H and O–H groups in total. The van der Waals surface area contributed by atoms with Gasteiger partial charge in [-0.3, -0.25) is 4.90 Å². The molecule has 66 valence electrons. The number of rotatable bonds is 3. The van der Waals surface area contributed by atoms with E-state index in [0.717, 1.165) is 13.1 Å². The molecular formula is C7H16N2S2. The van der Waals surface area contributed by atoms with Crippen LogP contribution in [0.2, 0.25) is 0 Å². The van der Waals surface area contributed by atoms with E-state index in [-0.39, 0.29) is 0 Å². The second-order valence-corrected chi connectivity index (χ2v) is 4.70. The van der Waals surface area contributed by atoms with Crippen molar-refractivity contribution >= 4 is 23.5 Å². The molecule has 0 spiro atoms. The first-order valence-electron chi connectivity index (χ1n) is 3.89. The van der Waals surface area contributed by atoms with Gasteiger partial charge < -0.3 is 5.32 Å². The van der Waals surface area contributed by atoms with E-state index in [4.69, 9.17) is 0 Å². The summed E-state index contributed by atoms with van der Waals surface area (Å²) in [6.45, 7) is 4.70. The lowest BCUT2D eigenvalue weighted by Gasteiger charge is -2.32. The van der Waals surface area contributed by atoms with Crippen LogP contribution in [0.25, 0.3) is 0 Å². The SMILES string of the molecule is CSC(SC)N1CCNCC1. The molecule has 0 aliphatic carbocycles. The predicted octanol–water partition coefficient (Wildman–Crippen LogP) is 0.901. The fourth-order valence-corrected chi connectivity index (χ4v) is 3.08. The van der Waals surface area contributed by atoms with Crippen LogP contribution in [0.15, 0.2) is 0 Å². The zero-order valence-corrected chi connectivity index (χ0v) is 8.80. The Balaban J connectivity index is 2.30. The van der Waals surface area contributed by atoms with Crippen molar-refractivity contribution < 1.29 is 0 Å². The number of thioether (sulfide) groups is 2. The van der Waals surface area contributed by atoms with E-state index in [0.29, 0.717) is 4.71 Å². The molecule has 0 aromatic heterocycles. The number of piperazine rings is 1. The van der Waals surface area contributed by atoms with Crippen molar-refractivity contribution in [2.75, 3.05) is 38.7 Å². The van der Waals surface area contributed by atoms with Gasteiger partial charge in [0.2, 0.25) is 0 Å². The Kier molecular flexibility index (Phi) is 4.67. The third-order valence-corrected chi connectivity index (χ3v) is 4.41. The van der Waals surface area contributed by atoms with Crippen molar-refractivity contribution in [3.63, 3.8) is 0 Å². The molecule has 4 heteroatoms. The minimum absolute atomic E-state index is 0.664. The lowest BCUT2D eigenvalue weighted by Crippen LogP contribution is -2.46. The van der Waals surface area contributed by atoms with E-state index in [1.165, 1.54) is 13.1 Å². The van der Waals surface area contributed by atoms with Gasteiger partial charge in [-0.1, -0.05) is 0 Å². The molecule has 1 heterocycles. The van der Waals surface area contributed by atoms with E-state index in [1.807, 2.05) is 23.5 Å². The van der Waals surface area contributed by atoms with Gasteiger partial charge in [-0.25, -0.2) is 0 Å². The van der Waals surface area contributed by atoms with E-state index in [9.17, 15) is 0 Å². The smallest absolute Gasteiger partial charge is 0.102 e. The molecule has 1 rings (SSSR count). The maximum atomic E-state index is 3.36. The first-order chi connectivity index (χ1) is 5.38. The number of nitrogens with zero attached hydrogens (tertiary/aromatic N) is 1. The van der Waals surface area contributed by atoms with Crippen LogP contribution in [-0.4, -0.2) is 48.3 Å². The summed E-state index contributed by atoms with van der Waals surface area (Å²) in [4.78, 5) is 2.53. The van der Waals surface area contributed by atoms with Crippen molar-refractivity contribution in [3.8, 4) is 0 Å². The standard InChI is InChI=1S/C7H16N2S2/c1-10-7(11-2)9-5-3-8-4-6-9/h7-8H,3-6H2,1-2H3. The number of nitrogens with one attached hydrogen (secondary N) is 1. The van der Waals surface area contributed by atoms with Crippen molar-refractivity contribution in [2.24, 2.45) is 0 Å². The van der Waals surface area contributed by atoms with E-state index in [2.05, 4.69) is 22.7 Å². The average Bonchev–Trinajstić information content (AvgIpc) is 2.09. The second-order valence-electron chi connectivity index (χ2n) is 2.56. The molecule has 1 saturated heterocycles. The molecule has 0 aromatic carbocycles. The predicted molar refractivity (Wildman–Crippen MR) is 55.3 cm³/mol. The molecule has 1 aliphatic rings. The summed E-state index contributed by atoms with van der Waals surface area (Å²) >= 11 is 3.88. The number of hydrogen-bond donors (Lipinski definition) is 1. The molecule has 1 fully saturated rings. The highest BCUT2D eigenvalue weighted by Crippen LogP contribution is 2.22. The Bertz CT molecular complexity index is 101. The van der Waals surface area contributed by atoms with Gasteiger partial charge in [-0.2, -0.15) is 0 Å². The molecule has 0 amide bonds. The normalized spacial score (nSPS) is 21.0. The van der Waals surface area contributed by atoms with Crippen LogP contribution in [0, 0.1) is 0 Å². The van der Waals surface area contributed by atoms with Crippen LogP contribution in [0.3, 0.4) is 0 Å². The highest BCUT2D eigenvalue weighted by atomic mass is 32.2. The van der Waals surface area contributed by atoms with Crippen LogP contribution < -0.4 is 5.32 Å². The second kappa shape index (κ2) is 5.30. The molecule has 2 nitrogen and oxygen atoms in total. The maximum Gasteiger partial charge on any atom is 0.102 e. The van der Waals surface area contributed by atoms with Crippen LogP contribution in [-0.2, 0) is 0 Å². The van der Waals surface area contributed by atoms with Gasteiger partial charge in [0.15, 0.2) is 0 Å². The van der Waals surface area contributed by atoms with E-state index >= 15 is 0 Å². The van der Waals surface area contributed by atoms with E-state index in [1.54, 1.807) is 0 Å². The van der Waals surface area contributed by atoms with Gasteiger partial charge in [-0.05, 0) is 12.5 Å². The maximum absolute atomic E-state index is 3.36. The molecule has 0 saturated carbocycles. The fourth-order valence-electron chi connectivity index (χ4n) is 1.29. The monoisotopic (exact) mass is 192 g/mol. The van der Waals surface area contributed by atoms with Crippen LogP contribution >= 0.6 is 23.5 Å². The quantitative estimate of drug-likeness (QED) is 0.668. The van der Waals surface area contributed by atoms with Gasteiger partial charge in [0, 0.05) is 26.2 Å². The molecule has 1 aliphatic heterocycles. The Hall–Kier alpha value is 0.620. The number of hydrogen-bond acceptors (Lipinski definition) is 4. The molecule has 11 heavy (non-hydrogen) atoms. The summed E-state index contributed by atoms with van der Waals surface area (Å²) in [5, 5.41) is 3.36. The summed E-state index contributed by atoms with van der Waals surface area (Å²) in [5.74, 6) is 0. The van der Waals surface area contributed by atoms with Crippen molar-refractivity contribution in [3.05, 3.63) is 0 Å². The van der Waals surface area contributed by atoms with Gasteiger partial charge >= 0.3 is 0 Å². The highest BCUT2D eigenvalue weighted by molar-refractivity contribution is 8.16. The zero-order chi connectivity index (χ0) is 8.10. The molecule has 0 unspecified atom stereocenters. The highest BCUT2D eigenvalue weighted by Gasteiger charge is 2.17. The molecular weight excluding hydrogens is 176 g/mol. The first kappa shape index (κ1) is 9.71. The van der Waals surface area contributed by atoms with Crippen LogP contribution in [0.1, 0.15) is 0 Å². The minimum atomic E-state index is 0.664. The van der Waals surface area contributed by atoms with Crippen LogP contribution in [0.5, 0.6) is 0 Å². The fraction of sp³-hybridized carbons (Fsp3) is 1.00. The van der Waals surface area contributed by atoms with Crippen LogP contribution in [0.4, 0.5) is 0 Å². The Morgan fingerprint density at radius 1 is 1.18 bits per heavy atom. The summed E-state index contributed by atoms with van der Waals surface area (Å²) < 4.78 is 0.664. The summed E-state index contributed by atoms with van der Waals surface area (Å²) in [6.07, 6.45) is 4.37. The Labute approximate surface area is 77.5 Å². The van der Waals surface area contributed by atoms with Gasteiger partial charge in [0.1, 0.15) is 4.71 Å². The van der Waals surface area contributed by atoms with Crippen molar-refractivity contribution in [1.29, 1.82) is 0 Å². The zero-order valence-electron chi connectivity index (χ0n) is 7.17. The third-order valence-electron chi connectivity index (χ3n) is 1.85.